The van der Waals surface area contributed by atoms with Crippen LogP contribution in [0.4, 0.5) is 0 Å². The summed E-state index contributed by atoms with van der Waals surface area (Å²) in [6.07, 6.45) is 1.29. The van der Waals surface area contributed by atoms with E-state index in [0.717, 1.165) is 11.5 Å². The minimum absolute atomic E-state index is 0.687. The largest absolute Gasteiger partial charge is 0.461 e. The standard InChI is InChI=1S/C12H12O/c1-8-6-10(8)12-7-9-4-2-3-5-11(9)13-12/h2-5,7-8,10H,6H2,1H3. The summed E-state index contributed by atoms with van der Waals surface area (Å²) in [5, 5.41) is 1.23. The van der Waals surface area contributed by atoms with Gasteiger partial charge in [0.25, 0.3) is 0 Å². The van der Waals surface area contributed by atoms with E-state index in [9.17, 15) is 0 Å². The summed E-state index contributed by atoms with van der Waals surface area (Å²) in [5.41, 5.74) is 1.02. The van der Waals surface area contributed by atoms with Crippen molar-refractivity contribution in [3.8, 4) is 0 Å². The fraction of sp³-hybridized carbons (Fsp3) is 0.333. The maximum Gasteiger partial charge on any atom is 0.134 e. The molecule has 3 rings (SSSR count). The SMILES string of the molecule is CC1CC1c1cc2ccccc2o1. The average Bonchev–Trinajstić information content (AvgIpc) is 2.74. The number of para-hydroxylation sites is 1. The maximum absolute atomic E-state index is 5.76. The molecule has 1 aliphatic carbocycles. The lowest BCUT2D eigenvalue weighted by atomic mass is 10.2. The van der Waals surface area contributed by atoms with Gasteiger partial charge in [0, 0.05) is 11.3 Å². The van der Waals surface area contributed by atoms with Crippen LogP contribution in [0.2, 0.25) is 0 Å². The van der Waals surface area contributed by atoms with E-state index in [0.29, 0.717) is 5.92 Å². The number of fused-ring (bicyclic) bond motifs is 1. The molecule has 1 saturated carbocycles. The molecule has 1 aromatic heterocycles. The average molecular weight is 172 g/mol. The van der Waals surface area contributed by atoms with Gasteiger partial charge in [0.15, 0.2) is 0 Å². The highest BCUT2D eigenvalue weighted by Crippen LogP contribution is 2.48. The smallest absolute Gasteiger partial charge is 0.134 e. The molecule has 1 nitrogen and oxygen atoms in total. The van der Waals surface area contributed by atoms with Gasteiger partial charge in [0.05, 0.1) is 0 Å². The predicted molar refractivity (Wildman–Crippen MR) is 52.7 cm³/mol. The van der Waals surface area contributed by atoms with E-state index in [1.165, 1.54) is 17.6 Å². The summed E-state index contributed by atoms with van der Waals surface area (Å²) < 4.78 is 5.76. The Morgan fingerprint density at radius 3 is 2.77 bits per heavy atom. The van der Waals surface area contributed by atoms with E-state index in [1.54, 1.807) is 0 Å². The molecule has 66 valence electrons. The zero-order valence-electron chi connectivity index (χ0n) is 7.66. The highest BCUT2D eigenvalue weighted by Gasteiger charge is 2.36. The van der Waals surface area contributed by atoms with Crippen molar-refractivity contribution in [3.05, 3.63) is 36.1 Å². The summed E-state index contributed by atoms with van der Waals surface area (Å²) in [4.78, 5) is 0. The van der Waals surface area contributed by atoms with E-state index in [1.807, 2.05) is 12.1 Å². The van der Waals surface area contributed by atoms with E-state index in [2.05, 4.69) is 25.1 Å². The second kappa shape index (κ2) is 2.38. The third-order valence-electron chi connectivity index (χ3n) is 2.92. The van der Waals surface area contributed by atoms with Crippen LogP contribution in [0.1, 0.15) is 25.0 Å². The first-order chi connectivity index (χ1) is 6.34. The first-order valence-corrected chi connectivity index (χ1v) is 4.83. The molecule has 0 saturated heterocycles. The van der Waals surface area contributed by atoms with Crippen LogP contribution in [0, 0.1) is 5.92 Å². The first-order valence-electron chi connectivity index (χ1n) is 4.83. The zero-order chi connectivity index (χ0) is 8.84. The van der Waals surface area contributed by atoms with Gasteiger partial charge in [-0.1, -0.05) is 25.1 Å². The van der Waals surface area contributed by atoms with Gasteiger partial charge in [0.1, 0.15) is 11.3 Å². The van der Waals surface area contributed by atoms with Gasteiger partial charge < -0.3 is 4.42 Å². The molecule has 0 aliphatic heterocycles. The second-order valence-corrected chi connectivity index (χ2v) is 4.01. The van der Waals surface area contributed by atoms with Crippen LogP contribution in [-0.2, 0) is 0 Å². The van der Waals surface area contributed by atoms with E-state index in [-0.39, 0.29) is 0 Å². The Kier molecular flexibility index (Phi) is 1.32. The van der Waals surface area contributed by atoms with Crippen molar-refractivity contribution < 1.29 is 4.42 Å². The predicted octanol–water partition coefficient (Wildman–Crippen LogP) is 3.56. The van der Waals surface area contributed by atoms with Crippen LogP contribution in [-0.4, -0.2) is 0 Å². The summed E-state index contributed by atoms with van der Waals surface area (Å²) in [6.45, 7) is 2.28. The van der Waals surface area contributed by atoms with Gasteiger partial charge in [0.2, 0.25) is 0 Å². The molecular weight excluding hydrogens is 160 g/mol. The lowest BCUT2D eigenvalue weighted by molar-refractivity contribution is 0.544. The van der Waals surface area contributed by atoms with Crippen molar-refractivity contribution in [2.75, 3.05) is 0 Å². The molecule has 0 spiro atoms. The van der Waals surface area contributed by atoms with Crippen LogP contribution in [0.5, 0.6) is 0 Å². The Bertz CT molecular complexity index is 408. The summed E-state index contributed by atoms with van der Waals surface area (Å²) in [6, 6.07) is 10.4. The third-order valence-corrected chi connectivity index (χ3v) is 2.92. The van der Waals surface area contributed by atoms with Gasteiger partial charge in [-0.05, 0) is 24.5 Å². The molecular formula is C12H12O. The maximum atomic E-state index is 5.76. The highest BCUT2D eigenvalue weighted by molar-refractivity contribution is 5.77. The van der Waals surface area contributed by atoms with Crippen LogP contribution in [0.15, 0.2) is 34.7 Å². The third kappa shape index (κ3) is 1.07. The number of hydrogen-bond donors (Lipinski definition) is 0. The van der Waals surface area contributed by atoms with Gasteiger partial charge in [-0.2, -0.15) is 0 Å². The normalized spacial score (nSPS) is 26.5. The molecule has 0 N–H and O–H groups in total. The molecule has 0 bridgehead atoms. The van der Waals surface area contributed by atoms with Crippen LogP contribution in [0.25, 0.3) is 11.0 Å². The zero-order valence-corrected chi connectivity index (χ0v) is 7.66. The minimum atomic E-state index is 0.687. The Labute approximate surface area is 77.4 Å². The van der Waals surface area contributed by atoms with Gasteiger partial charge in [-0.3, -0.25) is 0 Å². The fourth-order valence-corrected chi connectivity index (χ4v) is 1.90. The van der Waals surface area contributed by atoms with Crippen molar-refractivity contribution in [1.29, 1.82) is 0 Å². The Morgan fingerprint density at radius 1 is 1.31 bits per heavy atom. The molecule has 2 aromatic rings. The summed E-state index contributed by atoms with van der Waals surface area (Å²) in [7, 11) is 0. The van der Waals surface area contributed by atoms with Crippen molar-refractivity contribution in [2.45, 2.75) is 19.3 Å². The lowest BCUT2D eigenvalue weighted by Gasteiger charge is -1.87. The monoisotopic (exact) mass is 172 g/mol. The van der Waals surface area contributed by atoms with Gasteiger partial charge >= 0.3 is 0 Å². The molecule has 1 aromatic carbocycles. The van der Waals surface area contributed by atoms with Crippen molar-refractivity contribution >= 4 is 11.0 Å². The lowest BCUT2D eigenvalue weighted by Crippen LogP contribution is -1.72. The Morgan fingerprint density at radius 2 is 2.08 bits per heavy atom. The molecule has 0 radical (unpaired) electrons. The molecule has 1 aliphatic rings. The van der Waals surface area contributed by atoms with Crippen molar-refractivity contribution in [3.63, 3.8) is 0 Å². The topological polar surface area (TPSA) is 13.1 Å². The summed E-state index contributed by atoms with van der Waals surface area (Å²) >= 11 is 0. The Balaban J connectivity index is 2.12. The Hall–Kier alpha value is -1.24. The molecule has 13 heavy (non-hydrogen) atoms. The number of benzene rings is 1. The molecule has 2 atom stereocenters. The number of rotatable bonds is 1. The summed E-state index contributed by atoms with van der Waals surface area (Å²) in [5.74, 6) is 2.68. The van der Waals surface area contributed by atoms with Crippen LogP contribution in [0.3, 0.4) is 0 Å². The van der Waals surface area contributed by atoms with Crippen molar-refractivity contribution in [2.24, 2.45) is 5.92 Å². The van der Waals surface area contributed by atoms with E-state index in [4.69, 9.17) is 4.42 Å². The molecule has 2 unspecified atom stereocenters. The van der Waals surface area contributed by atoms with Gasteiger partial charge in [-0.15, -0.1) is 0 Å². The van der Waals surface area contributed by atoms with E-state index >= 15 is 0 Å². The van der Waals surface area contributed by atoms with E-state index < -0.39 is 0 Å². The second-order valence-electron chi connectivity index (χ2n) is 4.01. The number of furan rings is 1. The molecule has 1 fully saturated rings. The van der Waals surface area contributed by atoms with Crippen LogP contribution >= 0.6 is 0 Å². The first kappa shape index (κ1) is 7.19. The molecule has 0 amide bonds. The molecule has 1 heteroatoms. The van der Waals surface area contributed by atoms with Crippen LogP contribution < -0.4 is 0 Å². The fourth-order valence-electron chi connectivity index (χ4n) is 1.90. The molecule has 1 heterocycles. The van der Waals surface area contributed by atoms with Gasteiger partial charge in [-0.25, -0.2) is 0 Å². The highest BCUT2D eigenvalue weighted by atomic mass is 16.3. The minimum Gasteiger partial charge on any atom is -0.461 e. The quantitative estimate of drug-likeness (QED) is 0.641. The number of hydrogen-bond acceptors (Lipinski definition) is 1. The van der Waals surface area contributed by atoms with Crippen molar-refractivity contribution in [1.82, 2.24) is 0 Å².